The number of para-hydroxylation sites is 1. The number of fused-ring (bicyclic) bond motifs is 4. The van der Waals surface area contributed by atoms with Crippen molar-refractivity contribution in [3.8, 4) is 17.2 Å². The summed E-state index contributed by atoms with van der Waals surface area (Å²) in [6.45, 7) is 1.80. The van der Waals surface area contributed by atoms with Crippen molar-refractivity contribution in [2.45, 2.75) is 63.8 Å². The second kappa shape index (κ2) is 10.5. The number of aromatic hydroxyl groups is 1. The van der Waals surface area contributed by atoms with Gasteiger partial charge in [-0.05, 0) is 50.7 Å². The number of carbonyl (C=O) groups excluding carboxylic acids is 4. The Morgan fingerprint density at radius 1 is 0.886 bits per heavy atom. The monoisotopic (exact) mass is 598 g/mol. The number of phenolic OH excluding ortho intramolecular Hbond substituents is 1. The van der Waals surface area contributed by atoms with Crippen molar-refractivity contribution in [2.75, 3.05) is 19.1 Å². The summed E-state index contributed by atoms with van der Waals surface area (Å²) in [5.74, 6) is -3.48. The summed E-state index contributed by atoms with van der Waals surface area (Å²) in [4.78, 5) is 59.7. The van der Waals surface area contributed by atoms with Gasteiger partial charge in [0.2, 0.25) is 23.6 Å². The molecular weight excluding hydrogens is 560 g/mol. The molecule has 2 saturated heterocycles. The molecule has 9 heteroatoms. The third-order valence-electron chi connectivity index (χ3n) is 11.1. The Hall–Kier alpha value is -4.14. The van der Waals surface area contributed by atoms with Crippen molar-refractivity contribution in [1.82, 2.24) is 4.90 Å². The molecule has 2 saturated carbocycles. The van der Waals surface area contributed by atoms with Crippen LogP contribution in [0.15, 0.2) is 54.1 Å². The van der Waals surface area contributed by atoms with Gasteiger partial charge in [-0.2, -0.15) is 0 Å². The molecule has 7 rings (SSSR count). The maximum absolute atomic E-state index is 14.6. The minimum absolute atomic E-state index is 0.0866. The molecule has 6 atom stereocenters. The Morgan fingerprint density at radius 2 is 1.61 bits per heavy atom. The summed E-state index contributed by atoms with van der Waals surface area (Å²) in [5.41, 5.74) is 0.391. The average Bonchev–Trinajstić information content (AvgIpc) is 3.41. The Bertz CT molecular complexity index is 1580. The van der Waals surface area contributed by atoms with Crippen LogP contribution in [0.4, 0.5) is 5.69 Å². The van der Waals surface area contributed by atoms with E-state index in [1.165, 1.54) is 30.1 Å². The number of imide groups is 2. The zero-order valence-corrected chi connectivity index (χ0v) is 25.3. The van der Waals surface area contributed by atoms with Gasteiger partial charge in [-0.15, -0.1) is 0 Å². The fourth-order valence-corrected chi connectivity index (χ4v) is 9.03. The predicted octanol–water partition coefficient (Wildman–Crippen LogP) is 4.97. The number of likely N-dealkylation sites (tertiary alicyclic amines) is 1. The third-order valence-corrected chi connectivity index (χ3v) is 11.1. The van der Waals surface area contributed by atoms with Gasteiger partial charge in [-0.1, -0.05) is 49.1 Å². The lowest BCUT2D eigenvalue weighted by molar-refractivity contribution is -0.144. The Labute approximate surface area is 256 Å². The fourth-order valence-electron chi connectivity index (χ4n) is 9.03. The van der Waals surface area contributed by atoms with Crippen LogP contribution in [-0.2, 0) is 19.2 Å². The number of carbonyl (C=O) groups is 4. The molecule has 0 radical (unpaired) electrons. The minimum Gasteiger partial charge on any atom is -0.507 e. The van der Waals surface area contributed by atoms with Gasteiger partial charge in [0.15, 0.2) is 0 Å². The van der Waals surface area contributed by atoms with Crippen LogP contribution in [0, 0.1) is 29.1 Å². The summed E-state index contributed by atoms with van der Waals surface area (Å²) in [6.07, 6.45) is 7.37. The van der Waals surface area contributed by atoms with Gasteiger partial charge in [-0.25, -0.2) is 4.90 Å². The van der Waals surface area contributed by atoms with E-state index in [9.17, 15) is 24.3 Å². The Balaban J connectivity index is 1.39. The van der Waals surface area contributed by atoms with E-state index in [-0.39, 0.29) is 41.8 Å². The lowest BCUT2D eigenvalue weighted by Gasteiger charge is -2.49. The smallest absolute Gasteiger partial charge is 0.241 e. The van der Waals surface area contributed by atoms with Crippen molar-refractivity contribution < 1.29 is 33.8 Å². The van der Waals surface area contributed by atoms with Crippen molar-refractivity contribution in [3.05, 3.63) is 59.7 Å². The molecule has 0 spiro atoms. The maximum Gasteiger partial charge on any atom is 0.241 e. The first kappa shape index (κ1) is 28.6. The molecule has 3 aliphatic carbocycles. The van der Waals surface area contributed by atoms with Crippen LogP contribution in [0.25, 0.3) is 0 Å². The lowest BCUT2D eigenvalue weighted by Crippen LogP contribution is -2.49. The number of anilines is 1. The number of benzene rings is 2. The molecule has 0 bridgehead atoms. The standard InChI is InChI=1S/C35H38N2O7/c1-35-25(32(40)37(34(35)42)20-12-8-5-9-13-20)18-24-22(30(35)29-26(38)16-21(43-2)17-27(29)44-3)14-15-23-28(24)33(41)36(31(23)39)19-10-6-4-7-11-19/h5,8-9,12-14,16-17,19,23-25,28,30,38H,4,6-7,10-11,15,18H2,1-3H3. The van der Waals surface area contributed by atoms with Crippen molar-refractivity contribution >= 4 is 29.3 Å². The van der Waals surface area contributed by atoms with Crippen LogP contribution in [0.1, 0.15) is 63.4 Å². The zero-order valence-electron chi connectivity index (χ0n) is 25.3. The Kier molecular flexibility index (Phi) is 6.83. The number of allylic oxidation sites excluding steroid dienone is 2. The van der Waals surface area contributed by atoms with E-state index in [1.54, 1.807) is 37.3 Å². The molecular formula is C35H38N2O7. The summed E-state index contributed by atoms with van der Waals surface area (Å²) >= 11 is 0. The molecule has 1 N–H and O–H groups in total. The second-order valence-electron chi connectivity index (χ2n) is 13.1. The van der Waals surface area contributed by atoms with Crippen molar-refractivity contribution in [1.29, 1.82) is 0 Å². The van der Waals surface area contributed by atoms with Gasteiger partial charge < -0.3 is 14.6 Å². The SMILES string of the molecule is COc1cc(O)c(C2C3=CCC4C(=O)N(C5CCCCC5)C(=O)C4C3CC3C(=O)N(c4ccccc4)C(=O)C32C)c(OC)c1. The van der Waals surface area contributed by atoms with Crippen molar-refractivity contribution in [3.63, 3.8) is 0 Å². The first-order chi connectivity index (χ1) is 21.2. The van der Waals surface area contributed by atoms with E-state index in [2.05, 4.69) is 0 Å². The van der Waals surface area contributed by atoms with E-state index in [1.807, 2.05) is 12.1 Å². The van der Waals surface area contributed by atoms with E-state index >= 15 is 0 Å². The highest BCUT2D eigenvalue weighted by atomic mass is 16.5. The van der Waals surface area contributed by atoms with E-state index in [0.717, 1.165) is 37.7 Å². The number of methoxy groups -OCH3 is 2. The van der Waals surface area contributed by atoms with Crippen LogP contribution in [-0.4, -0.2) is 53.9 Å². The van der Waals surface area contributed by atoms with Crippen LogP contribution in [0.2, 0.25) is 0 Å². The number of phenols is 1. The van der Waals surface area contributed by atoms with Crippen LogP contribution >= 0.6 is 0 Å². The van der Waals surface area contributed by atoms with Gasteiger partial charge >= 0.3 is 0 Å². The largest absolute Gasteiger partial charge is 0.507 e. The van der Waals surface area contributed by atoms with E-state index in [4.69, 9.17) is 9.47 Å². The molecule has 2 heterocycles. The van der Waals surface area contributed by atoms with E-state index in [0.29, 0.717) is 29.2 Å². The summed E-state index contributed by atoms with van der Waals surface area (Å²) < 4.78 is 11.2. The van der Waals surface area contributed by atoms with Crippen LogP contribution in [0.5, 0.6) is 17.2 Å². The molecule has 230 valence electrons. The molecule has 44 heavy (non-hydrogen) atoms. The molecule has 4 amide bonds. The number of hydrogen-bond donors (Lipinski definition) is 1. The van der Waals surface area contributed by atoms with Crippen LogP contribution < -0.4 is 14.4 Å². The van der Waals surface area contributed by atoms with Crippen molar-refractivity contribution in [2.24, 2.45) is 29.1 Å². The first-order valence-electron chi connectivity index (χ1n) is 15.7. The lowest BCUT2D eigenvalue weighted by atomic mass is 9.51. The number of hydrogen-bond acceptors (Lipinski definition) is 7. The fraction of sp³-hybridized carbons (Fsp3) is 0.486. The number of nitrogens with zero attached hydrogens (tertiary/aromatic N) is 2. The molecule has 9 nitrogen and oxygen atoms in total. The van der Waals surface area contributed by atoms with Crippen LogP contribution in [0.3, 0.4) is 0 Å². The highest BCUT2D eigenvalue weighted by Gasteiger charge is 2.68. The third kappa shape index (κ3) is 3.90. The average molecular weight is 599 g/mol. The molecule has 5 aliphatic rings. The number of ether oxygens (including phenoxy) is 2. The zero-order chi connectivity index (χ0) is 30.9. The Morgan fingerprint density at radius 3 is 2.30 bits per heavy atom. The molecule has 0 aromatic heterocycles. The first-order valence-corrected chi connectivity index (χ1v) is 15.7. The molecule has 4 fully saturated rings. The van der Waals surface area contributed by atoms with Gasteiger partial charge in [-0.3, -0.25) is 24.1 Å². The summed E-state index contributed by atoms with van der Waals surface area (Å²) in [6, 6.07) is 11.9. The topological polar surface area (TPSA) is 113 Å². The highest BCUT2D eigenvalue weighted by Crippen LogP contribution is 2.65. The number of amides is 4. The summed E-state index contributed by atoms with van der Waals surface area (Å²) in [7, 11) is 2.98. The van der Waals surface area contributed by atoms with Gasteiger partial charge in [0, 0.05) is 29.7 Å². The normalized spacial score (nSPS) is 31.9. The molecule has 2 aromatic rings. The molecule has 6 unspecified atom stereocenters. The molecule has 2 aliphatic heterocycles. The van der Waals surface area contributed by atoms with Gasteiger partial charge in [0.1, 0.15) is 17.2 Å². The minimum atomic E-state index is -1.28. The second-order valence-corrected chi connectivity index (χ2v) is 13.1. The maximum atomic E-state index is 14.6. The molecule has 2 aromatic carbocycles. The quantitative estimate of drug-likeness (QED) is 0.382. The van der Waals surface area contributed by atoms with Gasteiger partial charge in [0.25, 0.3) is 0 Å². The predicted molar refractivity (Wildman–Crippen MR) is 161 cm³/mol. The highest BCUT2D eigenvalue weighted by molar-refractivity contribution is 6.24. The summed E-state index contributed by atoms with van der Waals surface area (Å²) in [5, 5.41) is 11.5. The van der Waals surface area contributed by atoms with E-state index < -0.39 is 35.0 Å². The van der Waals surface area contributed by atoms with Gasteiger partial charge in [0.05, 0.1) is 43.1 Å². The number of rotatable bonds is 5.